The topological polar surface area (TPSA) is 32.3 Å². The molecule has 0 spiro atoms. The van der Waals surface area contributed by atoms with Crippen molar-refractivity contribution in [3.05, 3.63) is 52.6 Å². The van der Waals surface area contributed by atoms with Gasteiger partial charge in [0, 0.05) is 44.3 Å². The summed E-state index contributed by atoms with van der Waals surface area (Å²) in [7, 11) is 0. The van der Waals surface area contributed by atoms with E-state index < -0.39 is 0 Å². The zero-order chi connectivity index (χ0) is 16.4. The first-order valence-electron chi connectivity index (χ1n) is 8.17. The van der Waals surface area contributed by atoms with Gasteiger partial charge in [-0.2, -0.15) is 0 Å². The molecule has 1 aliphatic heterocycles. The number of anilines is 1. The first-order chi connectivity index (χ1) is 11.8. The Balaban J connectivity index is 1.37. The first-order valence-corrected chi connectivity index (χ1v) is 9.87. The van der Waals surface area contributed by atoms with Crippen molar-refractivity contribution in [3.63, 3.8) is 0 Å². The van der Waals surface area contributed by atoms with Gasteiger partial charge in [-0.1, -0.05) is 41.7 Å². The largest absolute Gasteiger partial charge is 0.346 e. The van der Waals surface area contributed by atoms with E-state index in [1.807, 2.05) is 6.20 Å². The van der Waals surface area contributed by atoms with E-state index in [-0.39, 0.29) is 0 Å². The number of nitrogens with zero attached hydrogens (tertiary/aromatic N) is 4. The van der Waals surface area contributed by atoms with Crippen molar-refractivity contribution in [3.8, 4) is 10.4 Å². The molecule has 0 aliphatic carbocycles. The van der Waals surface area contributed by atoms with Crippen LogP contribution >= 0.6 is 22.7 Å². The highest BCUT2D eigenvalue weighted by Gasteiger charge is 2.20. The van der Waals surface area contributed by atoms with Crippen LogP contribution in [0, 0.1) is 6.92 Å². The summed E-state index contributed by atoms with van der Waals surface area (Å²) in [6.07, 6.45) is 2.00. The Labute approximate surface area is 150 Å². The number of piperazine rings is 1. The molecule has 124 valence electrons. The van der Waals surface area contributed by atoms with Crippen molar-refractivity contribution in [2.75, 3.05) is 31.1 Å². The van der Waals surface area contributed by atoms with Gasteiger partial charge in [0.2, 0.25) is 0 Å². The minimum atomic E-state index is 0.964. The van der Waals surface area contributed by atoms with Crippen molar-refractivity contribution < 1.29 is 0 Å². The molecule has 24 heavy (non-hydrogen) atoms. The van der Waals surface area contributed by atoms with Crippen LogP contribution in [-0.4, -0.2) is 41.0 Å². The molecule has 0 unspecified atom stereocenters. The number of hydrogen-bond donors (Lipinski definition) is 0. The number of hydrogen-bond acceptors (Lipinski definition) is 6. The second-order valence-electron chi connectivity index (χ2n) is 5.99. The van der Waals surface area contributed by atoms with Crippen LogP contribution in [-0.2, 0) is 6.54 Å². The molecule has 0 saturated carbocycles. The van der Waals surface area contributed by atoms with Gasteiger partial charge in [-0.05, 0) is 12.5 Å². The third-order valence-corrected chi connectivity index (χ3v) is 6.18. The lowest BCUT2D eigenvalue weighted by atomic mass is 10.2. The van der Waals surface area contributed by atoms with Crippen LogP contribution in [0.15, 0.2) is 41.9 Å². The molecule has 1 aliphatic rings. The minimum Gasteiger partial charge on any atom is -0.346 e. The van der Waals surface area contributed by atoms with E-state index in [1.54, 1.807) is 22.7 Å². The molecule has 1 fully saturated rings. The highest BCUT2D eigenvalue weighted by molar-refractivity contribution is 7.18. The smallest absolute Gasteiger partial charge is 0.185 e. The van der Waals surface area contributed by atoms with Crippen LogP contribution in [0.25, 0.3) is 10.4 Å². The van der Waals surface area contributed by atoms with E-state index in [0.717, 1.165) is 42.9 Å². The van der Waals surface area contributed by atoms with Gasteiger partial charge in [0.05, 0.1) is 15.6 Å². The molecule has 4 nitrogen and oxygen atoms in total. The molecule has 3 aromatic rings. The fourth-order valence-electron chi connectivity index (χ4n) is 2.95. The molecule has 2 aromatic heterocycles. The lowest BCUT2D eigenvalue weighted by Gasteiger charge is -2.34. The summed E-state index contributed by atoms with van der Waals surface area (Å²) >= 11 is 3.52. The molecular weight excluding hydrogens is 336 g/mol. The van der Waals surface area contributed by atoms with Crippen LogP contribution < -0.4 is 4.90 Å². The minimum absolute atomic E-state index is 0.964. The van der Waals surface area contributed by atoms with Gasteiger partial charge in [0.15, 0.2) is 5.13 Å². The molecular formula is C18H20N4S2. The predicted octanol–water partition coefficient (Wildman–Crippen LogP) is 3.90. The Bertz CT molecular complexity index is 788. The predicted molar refractivity (Wildman–Crippen MR) is 102 cm³/mol. The normalized spacial score (nSPS) is 15.8. The maximum atomic E-state index is 4.64. The second kappa shape index (κ2) is 7.01. The molecule has 0 amide bonds. The molecule has 0 bridgehead atoms. The zero-order valence-corrected chi connectivity index (χ0v) is 15.3. The summed E-state index contributed by atoms with van der Waals surface area (Å²) in [5.74, 6) is 0. The van der Waals surface area contributed by atoms with Crippen molar-refractivity contribution in [2.45, 2.75) is 13.5 Å². The summed E-state index contributed by atoms with van der Waals surface area (Å²) in [5, 5.41) is 4.46. The van der Waals surface area contributed by atoms with Crippen molar-refractivity contribution in [1.29, 1.82) is 0 Å². The number of thiazole rings is 2. The van der Waals surface area contributed by atoms with Gasteiger partial charge in [0.1, 0.15) is 0 Å². The number of rotatable bonds is 4. The fraction of sp³-hybridized carbons (Fsp3) is 0.333. The lowest BCUT2D eigenvalue weighted by Crippen LogP contribution is -2.46. The van der Waals surface area contributed by atoms with Crippen molar-refractivity contribution in [1.82, 2.24) is 14.9 Å². The monoisotopic (exact) mass is 356 g/mol. The highest BCUT2D eigenvalue weighted by Crippen LogP contribution is 2.31. The molecule has 0 atom stereocenters. The van der Waals surface area contributed by atoms with Crippen LogP contribution in [0.3, 0.4) is 0 Å². The van der Waals surface area contributed by atoms with Gasteiger partial charge in [-0.15, -0.1) is 11.3 Å². The summed E-state index contributed by atoms with van der Waals surface area (Å²) in [6, 6.07) is 10.5. The van der Waals surface area contributed by atoms with Crippen LogP contribution in [0.1, 0.15) is 10.7 Å². The van der Waals surface area contributed by atoms with Crippen LogP contribution in [0.2, 0.25) is 0 Å². The van der Waals surface area contributed by atoms with E-state index in [4.69, 9.17) is 0 Å². The molecule has 1 saturated heterocycles. The quantitative estimate of drug-likeness (QED) is 0.710. The third-order valence-electron chi connectivity index (χ3n) is 4.25. The molecule has 4 rings (SSSR count). The number of benzene rings is 1. The lowest BCUT2D eigenvalue weighted by molar-refractivity contribution is 0.247. The Morgan fingerprint density at radius 3 is 2.58 bits per heavy atom. The van der Waals surface area contributed by atoms with E-state index >= 15 is 0 Å². The Kier molecular flexibility index (Phi) is 4.60. The number of aromatic nitrogens is 2. The summed E-state index contributed by atoms with van der Waals surface area (Å²) in [4.78, 5) is 15.3. The molecule has 3 heterocycles. The summed E-state index contributed by atoms with van der Waals surface area (Å²) in [6.45, 7) is 7.23. The van der Waals surface area contributed by atoms with Crippen LogP contribution in [0.5, 0.6) is 0 Å². The SMILES string of the molecule is Cc1nc(CN2CCN(c3ncc(-c4ccccc4)s3)CC2)cs1. The van der Waals surface area contributed by atoms with Gasteiger partial charge in [-0.25, -0.2) is 9.97 Å². The van der Waals surface area contributed by atoms with Crippen molar-refractivity contribution in [2.24, 2.45) is 0 Å². The fourth-order valence-corrected chi connectivity index (χ4v) is 4.53. The van der Waals surface area contributed by atoms with E-state index in [2.05, 4.69) is 62.4 Å². The maximum Gasteiger partial charge on any atom is 0.185 e. The average molecular weight is 357 g/mol. The Hall–Kier alpha value is -1.76. The average Bonchev–Trinajstić information content (AvgIpc) is 3.26. The van der Waals surface area contributed by atoms with Gasteiger partial charge in [-0.3, -0.25) is 4.90 Å². The van der Waals surface area contributed by atoms with E-state index in [1.165, 1.54) is 16.1 Å². The Morgan fingerprint density at radius 1 is 1.08 bits per heavy atom. The summed E-state index contributed by atoms with van der Waals surface area (Å²) < 4.78 is 0. The molecule has 6 heteroatoms. The summed E-state index contributed by atoms with van der Waals surface area (Å²) in [5.41, 5.74) is 2.45. The zero-order valence-electron chi connectivity index (χ0n) is 13.7. The van der Waals surface area contributed by atoms with Gasteiger partial charge < -0.3 is 4.90 Å². The molecule has 1 aromatic carbocycles. The van der Waals surface area contributed by atoms with E-state index in [0.29, 0.717) is 0 Å². The second-order valence-corrected chi connectivity index (χ2v) is 8.07. The van der Waals surface area contributed by atoms with Gasteiger partial charge in [0.25, 0.3) is 0 Å². The van der Waals surface area contributed by atoms with E-state index in [9.17, 15) is 0 Å². The molecule has 0 N–H and O–H groups in total. The third kappa shape index (κ3) is 3.50. The first kappa shape index (κ1) is 15.7. The standard InChI is InChI=1S/C18H20N4S2/c1-14-20-16(13-23-14)12-21-7-9-22(10-8-21)18-19-11-17(24-18)15-5-3-2-4-6-15/h2-6,11,13H,7-10,12H2,1H3. The maximum absolute atomic E-state index is 4.64. The highest BCUT2D eigenvalue weighted by atomic mass is 32.1. The van der Waals surface area contributed by atoms with Gasteiger partial charge >= 0.3 is 0 Å². The van der Waals surface area contributed by atoms with Crippen molar-refractivity contribution >= 4 is 27.8 Å². The Morgan fingerprint density at radius 2 is 1.88 bits per heavy atom. The number of aryl methyl sites for hydroxylation is 1. The molecule has 0 radical (unpaired) electrons. The van der Waals surface area contributed by atoms with Crippen LogP contribution in [0.4, 0.5) is 5.13 Å².